The third-order valence-electron chi connectivity index (χ3n) is 2.68. The Morgan fingerprint density at radius 3 is 2.12 bits per heavy atom. The number of carbonyl (C=O) groups is 2. The number of hydrogen-bond acceptors (Lipinski definition) is 3. The molecule has 0 radical (unpaired) electrons. The molecule has 4 heteroatoms. The normalized spacial score (nSPS) is 20.0. The molecule has 1 aromatic rings. The fourth-order valence-electron chi connectivity index (χ4n) is 1.96. The van der Waals surface area contributed by atoms with Gasteiger partial charge in [0.1, 0.15) is 0 Å². The quantitative estimate of drug-likeness (QED) is 0.675. The average molecular weight is 218 g/mol. The summed E-state index contributed by atoms with van der Waals surface area (Å²) in [5.74, 6) is -0.264. The van der Waals surface area contributed by atoms with E-state index in [9.17, 15) is 9.59 Å². The monoisotopic (exact) mass is 218 g/mol. The molecule has 2 rings (SSSR count). The predicted octanol–water partition coefficient (Wildman–Crippen LogP) is 1.76. The molecule has 0 saturated carbocycles. The van der Waals surface area contributed by atoms with Crippen LogP contribution in [0.15, 0.2) is 24.5 Å². The van der Waals surface area contributed by atoms with Gasteiger partial charge in [-0.2, -0.15) is 0 Å². The van der Waals surface area contributed by atoms with Crippen molar-refractivity contribution in [1.82, 2.24) is 4.98 Å². The van der Waals surface area contributed by atoms with Crippen LogP contribution in [0.4, 0.5) is 5.69 Å². The van der Waals surface area contributed by atoms with Gasteiger partial charge >= 0.3 is 0 Å². The van der Waals surface area contributed by atoms with Crippen molar-refractivity contribution in [3.63, 3.8) is 0 Å². The summed E-state index contributed by atoms with van der Waals surface area (Å²) in [6.07, 6.45) is 3.97. The molecule has 0 atom stereocenters. The highest BCUT2D eigenvalue weighted by atomic mass is 16.2. The van der Waals surface area contributed by atoms with Crippen molar-refractivity contribution in [3.8, 4) is 0 Å². The fraction of sp³-hybridized carbons (Fsp3) is 0.417. The fourth-order valence-corrected chi connectivity index (χ4v) is 1.96. The molecule has 0 bridgehead atoms. The van der Waals surface area contributed by atoms with E-state index in [0.29, 0.717) is 18.5 Å². The van der Waals surface area contributed by atoms with E-state index in [1.165, 1.54) is 4.90 Å². The third-order valence-corrected chi connectivity index (χ3v) is 2.68. The number of nitrogens with zero attached hydrogens (tertiary/aromatic N) is 2. The van der Waals surface area contributed by atoms with E-state index in [1.54, 1.807) is 24.5 Å². The number of hydrogen-bond donors (Lipinski definition) is 0. The minimum atomic E-state index is -0.225. The maximum atomic E-state index is 11.9. The highest BCUT2D eigenvalue weighted by molar-refractivity contribution is 6.16. The van der Waals surface area contributed by atoms with E-state index in [4.69, 9.17) is 0 Å². The number of amides is 2. The first-order valence-electron chi connectivity index (χ1n) is 5.25. The average Bonchev–Trinajstić information content (AvgIpc) is 2.16. The summed E-state index contributed by atoms with van der Waals surface area (Å²) in [7, 11) is 0. The van der Waals surface area contributed by atoms with Gasteiger partial charge in [-0.3, -0.25) is 19.5 Å². The second-order valence-electron chi connectivity index (χ2n) is 4.85. The summed E-state index contributed by atoms with van der Waals surface area (Å²) in [4.78, 5) is 28.9. The Hall–Kier alpha value is -1.71. The Kier molecular flexibility index (Phi) is 2.50. The molecule has 1 aliphatic heterocycles. The van der Waals surface area contributed by atoms with Gasteiger partial charge in [0.15, 0.2) is 0 Å². The Morgan fingerprint density at radius 1 is 1.12 bits per heavy atom. The number of piperidine rings is 1. The second kappa shape index (κ2) is 3.70. The van der Waals surface area contributed by atoms with Crippen molar-refractivity contribution < 1.29 is 9.59 Å². The highest BCUT2D eigenvalue weighted by Crippen LogP contribution is 2.33. The Morgan fingerprint density at radius 2 is 1.62 bits per heavy atom. The summed E-state index contributed by atoms with van der Waals surface area (Å²) >= 11 is 0. The largest absolute Gasteiger partial charge is 0.274 e. The molecule has 1 aliphatic rings. The molecule has 0 N–H and O–H groups in total. The van der Waals surface area contributed by atoms with Gasteiger partial charge in [-0.15, -0.1) is 0 Å². The summed E-state index contributed by atoms with van der Waals surface area (Å²) in [5, 5.41) is 0. The lowest BCUT2D eigenvalue weighted by Gasteiger charge is -2.34. The standard InChI is InChI=1S/C12H14N2O2/c1-12(2)7-10(15)14(11(16)8-12)9-3-5-13-6-4-9/h3-6H,7-8H2,1-2H3. The van der Waals surface area contributed by atoms with Crippen LogP contribution in [0, 0.1) is 5.41 Å². The summed E-state index contributed by atoms with van der Waals surface area (Å²) in [6.45, 7) is 3.87. The third kappa shape index (κ3) is 1.96. The van der Waals surface area contributed by atoms with E-state index < -0.39 is 0 Å². The first kappa shape index (κ1) is 10.8. The molecular formula is C12H14N2O2. The first-order chi connectivity index (χ1) is 7.49. The van der Waals surface area contributed by atoms with Gasteiger partial charge in [-0.1, -0.05) is 13.8 Å². The van der Waals surface area contributed by atoms with Crippen molar-refractivity contribution in [2.45, 2.75) is 26.7 Å². The molecular weight excluding hydrogens is 204 g/mol. The Labute approximate surface area is 94.3 Å². The number of aromatic nitrogens is 1. The molecule has 1 fully saturated rings. The minimum Gasteiger partial charge on any atom is -0.274 e. The zero-order chi connectivity index (χ0) is 11.8. The molecule has 0 aliphatic carbocycles. The molecule has 1 aromatic heterocycles. The zero-order valence-electron chi connectivity index (χ0n) is 9.43. The smallest absolute Gasteiger partial charge is 0.234 e. The molecule has 4 nitrogen and oxygen atoms in total. The SMILES string of the molecule is CC1(C)CC(=O)N(c2ccncc2)C(=O)C1. The molecule has 0 aromatic carbocycles. The van der Waals surface area contributed by atoms with E-state index in [1.807, 2.05) is 13.8 Å². The number of anilines is 1. The van der Waals surface area contributed by atoms with Gasteiger partial charge in [0, 0.05) is 25.2 Å². The van der Waals surface area contributed by atoms with Crippen LogP contribution in [0.1, 0.15) is 26.7 Å². The molecule has 2 heterocycles. The van der Waals surface area contributed by atoms with Gasteiger partial charge < -0.3 is 0 Å². The number of carbonyl (C=O) groups excluding carboxylic acids is 2. The van der Waals surface area contributed by atoms with Gasteiger partial charge in [0.2, 0.25) is 11.8 Å². The first-order valence-corrected chi connectivity index (χ1v) is 5.25. The zero-order valence-corrected chi connectivity index (χ0v) is 9.43. The van der Waals surface area contributed by atoms with E-state index in [-0.39, 0.29) is 17.2 Å². The van der Waals surface area contributed by atoms with Crippen molar-refractivity contribution in [2.75, 3.05) is 4.90 Å². The summed E-state index contributed by atoms with van der Waals surface area (Å²) in [5.41, 5.74) is 0.387. The van der Waals surface area contributed by atoms with Gasteiger partial charge in [0.25, 0.3) is 0 Å². The van der Waals surface area contributed by atoms with Crippen molar-refractivity contribution >= 4 is 17.5 Å². The summed E-state index contributed by atoms with van der Waals surface area (Å²) in [6, 6.07) is 3.35. The van der Waals surface area contributed by atoms with Gasteiger partial charge in [0.05, 0.1) is 5.69 Å². The maximum absolute atomic E-state index is 11.9. The summed E-state index contributed by atoms with van der Waals surface area (Å²) < 4.78 is 0. The number of pyridine rings is 1. The lowest BCUT2D eigenvalue weighted by atomic mass is 9.81. The van der Waals surface area contributed by atoms with Gasteiger partial charge in [-0.25, -0.2) is 0 Å². The topological polar surface area (TPSA) is 50.3 Å². The molecule has 2 amide bonds. The predicted molar refractivity (Wildman–Crippen MR) is 59.7 cm³/mol. The van der Waals surface area contributed by atoms with E-state index in [2.05, 4.69) is 4.98 Å². The van der Waals surface area contributed by atoms with Crippen LogP contribution in [-0.4, -0.2) is 16.8 Å². The molecule has 84 valence electrons. The maximum Gasteiger partial charge on any atom is 0.234 e. The highest BCUT2D eigenvalue weighted by Gasteiger charge is 2.37. The van der Waals surface area contributed by atoms with Crippen LogP contribution < -0.4 is 4.90 Å². The van der Waals surface area contributed by atoms with Crippen LogP contribution in [-0.2, 0) is 9.59 Å². The van der Waals surface area contributed by atoms with Gasteiger partial charge in [-0.05, 0) is 17.5 Å². The minimum absolute atomic E-state index is 0.132. The molecule has 16 heavy (non-hydrogen) atoms. The number of imide groups is 1. The van der Waals surface area contributed by atoms with Crippen LogP contribution in [0.3, 0.4) is 0 Å². The number of rotatable bonds is 1. The lowest BCUT2D eigenvalue weighted by molar-refractivity contribution is -0.132. The van der Waals surface area contributed by atoms with Crippen LogP contribution in [0.2, 0.25) is 0 Å². The second-order valence-corrected chi connectivity index (χ2v) is 4.85. The Bertz CT molecular complexity index is 406. The molecule has 0 unspecified atom stereocenters. The van der Waals surface area contributed by atoms with Crippen LogP contribution >= 0.6 is 0 Å². The van der Waals surface area contributed by atoms with Crippen molar-refractivity contribution in [1.29, 1.82) is 0 Å². The lowest BCUT2D eigenvalue weighted by Crippen LogP contribution is -2.46. The Balaban J connectivity index is 2.31. The van der Waals surface area contributed by atoms with Crippen LogP contribution in [0.25, 0.3) is 0 Å². The molecule has 1 saturated heterocycles. The van der Waals surface area contributed by atoms with E-state index >= 15 is 0 Å². The molecule has 0 spiro atoms. The van der Waals surface area contributed by atoms with Crippen molar-refractivity contribution in [2.24, 2.45) is 5.41 Å². The van der Waals surface area contributed by atoms with Crippen LogP contribution in [0.5, 0.6) is 0 Å². The van der Waals surface area contributed by atoms with E-state index in [0.717, 1.165) is 0 Å². The van der Waals surface area contributed by atoms with Crippen molar-refractivity contribution in [3.05, 3.63) is 24.5 Å².